The van der Waals surface area contributed by atoms with E-state index < -0.39 is 0 Å². The summed E-state index contributed by atoms with van der Waals surface area (Å²) in [7, 11) is 0. The number of hydrogen-bond acceptors (Lipinski definition) is 3. The molecular formula is C20H35N3. The molecule has 0 fully saturated rings. The van der Waals surface area contributed by atoms with Gasteiger partial charge >= 0.3 is 0 Å². The zero-order valence-electron chi connectivity index (χ0n) is 15.4. The summed E-state index contributed by atoms with van der Waals surface area (Å²) in [5.74, 6) is 0.648. The van der Waals surface area contributed by atoms with Crippen molar-refractivity contribution in [1.29, 1.82) is 5.26 Å². The fourth-order valence-electron chi connectivity index (χ4n) is 2.54. The minimum absolute atomic E-state index is 0.0155. The maximum atomic E-state index is 9.13. The van der Waals surface area contributed by atoms with E-state index in [4.69, 9.17) is 11.0 Å². The van der Waals surface area contributed by atoms with Crippen LogP contribution in [-0.4, -0.2) is 12.1 Å². The van der Waals surface area contributed by atoms with Gasteiger partial charge in [0.1, 0.15) is 0 Å². The molecule has 3 heteroatoms. The summed E-state index contributed by atoms with van der Waals surface area (Å²) in [4.78, 5) is 0. The molecule has 23 heavy (non-hydrogen) atoms. The molecule has 0 aliphatic heterocycles. The Bertz CT molecular complexity index is 429. The second-order valence-corrected chi connectivity index (χ2v) is 6.67. The first-order valence-electron chi connectivity index (χ1n) is 8.72. The number of allylic oxidation sites excluding steroid dienone is 2. The van der Waals surface area contributed by atoms with E-state index in [1.54, 1.807) is 0 Å². The van der Waals surface area contributed by atoms with Crippen LogP contribution in [0.25, 0.3) is 0 Å². The Balaban J connectivity index is 4.89. The second-order valence-electron chi connectivity index (χ2n) is 6.67. The predicted octanol–water partition coefficient (Wildman–Crippen LogP) is 4.68. The van der Waals surface area contributed by atoms with E-state index in [0.29, 0.717) is 5.92 Å². The summed E-state index contributed by atoms with van der Waals surface area (Å²) < 4.78 is 0. The molecule has 4 unspecified atom stereocenters. The lowest BCUT2D eigenvalue weighted by Gasteiger charge is -2.23. The third-order valence-corrected chi connectivity index (χ3v) is 4.21. The highest BCUT2D eigenvalue weighted by Crippen LogP contribution is 2.24. The molecule has 0 aromatic carbocycles. The zero-order chi connectivity index (χ0) is 17.8. The number of nitrogens with two attached hydrogens (primary N) is 1. The van der Waals surface area contributed by atoms with Gasteiger partial charge in [-0.3, -0.25) is 0 Å². The highest BCUT2D eigenvalue weighted by Gasteiger charge is 2.15. The van der Waals surface area contributed by atoms with E-state index in [2.05, 4.69) is 44.5 Å². The van der Waals surface area contributed by atoms with Crippen LogP contribution in [0.4, 0.5) is 0 Å². The SMILES string of the molecule is C=CCC(CCC(C#N)CC)C/C(=C/C(C)N)NC(C)C(=C)C. The van der Waals surface area contributed by atoms with Crippen molar-refractivity contribution in [3.05, 3.63) is 36.6 Å². The maximum absolute atomic E-state index is 9.13. The molecule has 0 saturated heterocycles. The molecule has 130 valence electrons. The summed E-state index contributed by atoms with van der Waals surface area (Å²) in [6, 6.07) is 2.64. The van der Waals surface area contributed by atoms with Crippen LogP contribution in [0.5, 0.6) is 0 Å². The molecule has 0 heterocycles. The van der Waals surface area contributed by atoms with E-state index in [1.165, 1.54) is 5.70 Å². The number of nitrogens with zero attached hydrogens (tertiary/aromatic N) is 1. The normalized spacial score (nSPS) is 16.8. The Morgan fingerprint density at radius 1 is 1.35 bits per heavy atom. The fraction of sp³-hybridized carbons (Fsp3) is 0.650. The Morgan fingerprint density at radius 3 is 2.43 bits per heavy atom. The van der Waals surface area contributed by atoms with Crippen molar-refractivity contribution < 1.29 is 0 Å². The number of nitrogens with one attached hydrogen (secondary N) is 1. The van der Waals surface area contributed by atoms with Gasteiger partial charge in [0.15, 0.2) is 0 Å². The Morgan fingerprint density at radius 2 is 2.00 bits per heavy atom. The molecule has 0 aromatic rings. The van der Waals surface area contributed by atoms with E-state index >= 15 is 0 Å². The van der Waals surface area contributed by atoms with Crippen LogP contribution in [0.2, 0.25) is 0 Å². The first-order chi connectivity index (χ1) is 10.8. The summed E-state index contributed by atoms with van der Waals surface area (Å²) in [6.45, 7) is 16.1. The van der Waals surface area contributed by atoms with Gasteiger partial charge in [0, 0.05) is 23.7 Å². The summed E-state index contributed by atoms with van der Waals surface area (Å²) in [6.07, 6.45) is 8.88. The highest BCUT2D eigenvalue weighted by molar-refractivity contribution is 5.11. The summed E-state index contributed by atoms with van der Waals surface area (Å²) in [5, 5.41) is 12.7. The molecule has 4 atom stereocenters. The van der Waals surface area contributed by atoms with E-state index in [9.17, 15) is 0 Å². The van der Waals surface area contributed by atoms with Crippen LogP contribution in [0.3, 0.4) is 0 Å². The van der Waals surface area contributed by atoms with Crippen molar-refractivity contribution in [3.8, 4) is 6.07 Å². The molecule has 0 spiro atoms. The first kappa shape index (κ1) is 21.5. The van der Waals surface area contributed by atoms with Crippen molar-refractivity contribution in [1.82, 2.24) is 5.32 Å². The number of rotatable bonds is 12. The lowest BCUT2D eigenvalue weighted by atomic mass is 9.89. The Hall–Kier alpha value is -1.53. The molecule has 0 saturated carbocycles. The largest absolute Gasteiger partial charge is 0.382 e. The molecule has 3 N–H and O–H groups in total. The van der Waals surface area contributed by atoms with Gasteiger partial charge in [-0.1, -0.05) is 25.2 Å². The average Bonchev–Trinajstić information content (AvgIpc) is 2.47. The van der Waals surface area contributed by atoms with Gasteiger partial charge in [-0.2, -0.15) is 5.26 Å². The van der Waals surface area contributed by atoms with Crippen LogP contribution < -0.4 is 11.1 Å². The Labute approximate surface area is 143 Å². The van der Waals surface area contributed by atoms with Crippen LogP contribution >= 0.6 is 0 Å². The van der Waals surface area contributed by atoms with Crippen LogP contribution in [-0.2, 0) is 0 Å². The van der Waals surface area contributed by atoms with Gasteiger partial charge < -0.3 is 11.1 Å². The van der Waals surface area contributed by atoms with Crippen molar-refractivity contribution in [2.45, 2.75) is 71.9 Å². The van der Waals surface area contributed by atoms with Gasteiger partial charge in [0.05, 0.1) is 6.07 Å². The predicted molar refractivity (Wildman–Crippen MR) is 101 cm³/mol. The van der Waals surface area contributed by atoms with Crippen LogP contribution in [0.15, 0.2) is 36.6 Å². The zero-order valence-corrected chi connectivity index (χ0v) is 15.4. The van der Waals surface area contributed by atoms with Gasteiger partial charge in [-0.05, 0) is 64.9 Å². The quantitative estimate of drug-likeness (QED) is 0.514. The topological polar surface area (TPSA) is 61.8 Å². The fourth-order valence-corrected chi connectivity index (χ4v) is 2.54. The summed E-state index contributed by atoms with van der Waals surface area (Å²) in [5.41, 5.74) is 8.24. The Kier molecular flexibility index (Phi) is 11.2. The van der Waals surface area contributed by atoms with Crippen molar-refractivity contribution >= 4 is 0 Å². The van der Waals surface area contributed by atoms with Crippen molar-refractivity contribution in [3.63, 3.8) is 0 Å². The minimum atomic E-state index is 0.0155. The number of hydrogen-bond donors (Lipinski definition) is 2. The number of nitriles is 1. The van der Waals surface area contributed by atoms with Gasteiger partial charge in [0.25, 0.3) is 0 Å². The molecule has 0 amide bonds. The molecular weight excluding hydrogens is 282 g/mol. The van der Waals surface area contributed by atoms with Crippen molar-refractivity contribution in [2.75, 3.05) is 0 Å². The molecule has 0 bridgehead atoms. The average molecular weight is 318 g/mol. The lowest BCUT2D eigenvalue weighted by Crippen LogP contribution is -2.29. The van der Waals surface area contributed by atoms with Crippen LogP contribution in [0.1, 0.15) is 59.8 Å². The third-order valence-electron chi connectivity index (χ3n) is 4.21. The van der Waals surface area contributed by atoms with Crippen LogP contribution in [0, 0.1) is 23.2 Å². The highest BCUT2D eigenvalue weighted by atomic mass is 14.9. The minimum Gasteiger partial charge on any atom is -0.382 e. The third kappa shape index (κ3) is 9.97. The molecule has 0 rings (SSSR count). The molecule has 0 radical (unpaired) electrons. The molecule has 0 aliphatic rings. The van der Waals surface area contributed by atoms with Gasteiger partial charge in [-0.25, -0.2) is 0 Å². The first-order valence-corrected chi connectivity index (χ1v) is 8.72. The van der Waals surface area contributed by atoms with Gasteiger partial charge in [-0.15, -0.1) is 6.58 Å². The second kappa shape index (κ2) is 12.0. The molecule has 0 aromatic heterocycles. The van der Waals surface area contributed by atoms with E-state index in [-0.39, 0.29) is 18.0 Å². The van der Waals surface area contributed by atoms with Crippen molar-refractivity contribution in [2.24, 2.45) is 17.6 Å². The maximum Gasteiger partial charge on any atom is 0.0655 e. The van der Waals surface area contributed by atoms with E-state index in [0.717, 1.165) is 37.7 Å². The molecule has 0 aliphatic carbocycles. The summed E-state index contributed by atoms with van der Waals surface area (Å²) >= 11 is 0. The smallest absolute Gasteiger partial charge is 0.0655 e. The molecule has 3 nitrogen and oxygen atoms in total. The standard InChI is InChI=1S/C20H35N3/c1-7-9-19(11-10-18(8-2)14-21)13-20(12-16(5)22)23-17(6)15(3)4/h7,12,16-19,23H,1,3,8-11,13,22H2,2,4-6H3/b20-12-. The van der Waals surface area contributed by atoms with E-state index in [1.807, 2.05) is 19.9 Å². The monoisotopic (exact) mass is 317 g/mol. The lowest BCUT2D eigenvalue weighted by molar-refractivity contribution is 0.416. The van der Waals surface area contributed by atoms with Gasteiger partial charge in [0.2, 0.25) is 0 Å².